The van der Waals surface area contributed by atoms with Gasteiger partial charge in [0.1, 0.15) is 5.75 Å². The zero-order valence-electron chi connectivity index (χ0n) is 14.9. The first kappa shape index (κ1) is 17.3. The minimum atomic E-state index is -0.113. The first-order valence-electron chi connectivity index (χ1n) is 7.99. The van der Waals surface area contributed by atoms with Crippen molar-refractivity contribution in [2.75, 3.05) is 0 Å². The summed E-state index contributed by atoms with van der Waals surface area (Å²) >= 11 is 0. The van der Waals surface area contributed by atoms with Crippen LogP contribution < -0.4 is 0 Å². The lowest BCUT2D eigenvalue weighted by Crippen LogP contribution is -2.20. The maximum atomic E-state index is 13.0. The van der Waals surface area contributed by atoms with E-state index in [4.69, 9.17) is 0 Å². The van der Waals surface area contributed by atoms with E-state index in [0.29, 0.717) is 5.56 Å². The Hall–Kier alpha value is -2.09. The van der Waals surface area contributed by atoms with Crippen molar-refractivity contribution in [3.8, 4) is 5.75 Å². The summed E-state index contributed by atoms with van der Waals surface area (Å²) in [4.78, 5) is 13.0. The molecule has 0 aliphatic rings. The van der Waals surface area contributed by atoms with Crippen molar-refractivity contribution in [1.29, 1.82) is 0 Å². The zero-order valence-corrected chi connectivity index (χ0v) is 14.9. The summed E-state index contributed by atoms with van der Waals surface area (Å²) in [6.45, 7) is 12.8. The number of carbonyl (C=O) groups is 1. The molecule has 0 saturated heterocycles. The number of phenols is 1. The van der Waals surface area contributed by atoms with Gasteiger partial charge in [-0.3, -0.25) is 4.79 Å². The number of carbonyl (C=O) groups excluding carboxylic acids is 1. The van der Waals surface area contributed by atoms with Crippen LogP contribution in [0.3, 0.4) is 0 Å². The van der Waals surface area contributed by atoms with Crippen LogP contribution in [-0.2, 0) is 10.8 Å². The molecule has 0 spiro atoms. The third-order valence-corrected chi connectivity index (χ3v) is 4.07. The molecule has 1 N–H and O–H groups in total. The summed E-state index contributed by atoms with van der Waals surface area (Å²) in [5.74, 6) is 0.169. The van der Waals surface area contributed by atoms with Gasteiger partial charge in [-0.25, -0.2) is 0 Å². The average Bonchev–Trinajstić information content (AvgIpc) is 2.45. The SMILES string of the molecule is CC(C)(C)c1ccc(C(C)(C)C)c(C(=O)c2ccc(O)cc2)c1. The van der Waals surface area contributed by atoms with Crippen molar-refractivity contribution in [2.24, 2.45) is 0 Å². The predicted molar refractivity (Wildman–Crippen MR) is 95.4 cm³/mol. The number of aromatic hydroxyl groups is 1. The van der Waals surface area contributed by atoms with Crippen molar-refractivity contribution in [3.63, 3.8) is 0 Å². The number of rotatable bonds is 2. The second kappa shape index (κ2) is 5.84. The predicted octanol–water partition coefficient (Wildman–Crippen LogP) is 5.22. The monoisotopic (exact) mass is 310 g/mol. The Morgan fingerprint density at radius 2 is 1.39 bits per heavy atom. The van der Waals surface area contributed by atoms with Crippen molar-refractivity contribution >= 4 is 5.78 Å². The first-order valence-corrected chi connectivity index (χ1v) is 7.99. The molecule has 0 atom stereocenters. The highest BCUT2D eigenvalue weighted by molar-refractivity contribution is 6.10. The van der Waals surface area contributed by atoms with Crippen LogP contribution in [0.1, 0.15) is 68.6 Å². The summed E-state index contributed by atoms with van der Waals surface area (Å²) in [5.41, 5.74) is 3.41. The Morgan fingerprint density at radius 3 is 1.87 bits per heavy atom. The molecule has 2 aromatic carbocycles. The minimum absolute atomic E-state index is 0.000949. The lowest BCUT2D eigenvalue weighted by molar-refractivity contribution is 0.103. The van der Waals surface area contributed by atoms with E-state index in [9.17, 15) is 9.90 Å². The normalized spacial score (nSPS) is 12.3. The smallest absolute Gasteiger partial charge is 0.193 e. The molecule has 23 heavy (non-hydrogen) atoms. The van der Waals surface area contributed by atoms with Crippen molar-refractivity contribution in [3.05, 3.63) is 64.7 Å². The quantitative estimate of drug-likeness (QED) is 0.772. The van der Waals surface area contributed by atoms with Crippen LogP contribution in [-0.4, -0.2) is 10.9 Å². The summed E-state index contributed by atoms with van der Waals surface area (Å²) in [7, 11) is 0. The van der Waals surface area contributed by atoms with E-state index in [-0.39, 0.29) is 22.4 Å². The molecule has 2 rings (SSSR count). The molecule has 0 aromatic heterocycles. The van der Waals surface area contributed by atoms with Gasteiger partial charge < -0.3 is 5.11 Å². The van der Waals surface area contributed by atoms with Crippen molar-refractivity contribution in [1.82, 2.24) is 0 Å². The molecule has 0 aliphatic carbocycles. The second-order valence-electron chi connectivity index (χ2n) is 8.14. The fourth-order valence-electron chi connectivity index (χ4n) is 2.62. The largest absolute Gasteiger partial charge is 0.508 e. The molecular formula is C21H26O2. The molecule has 0 unspecified atom stereocenters. The topological polar surface area (TPSA) is 37.3 Å². The van der Waals surface area contributed by atoms with Gasteiger partial charge in [-0.1, -0.05) is 53.7 Å². The van der Waals surface area contributed by atoms with Gasteiger partial charge in [0.05, 0.1) is 0 Å². The standard InChI is InChI=1S/C21H26O2/c1-20(2,3)15-9-12-18(21(4,5)6)17(13-15)19(23)14-7-10-16(22)11-8-14/h7-13,22H,1-6H3. The van der Waals surface area contributed by atoms with Crippen molar-refractivity contribution < 1.29 is 9.90 Å². The molecule has 0 aliphatic heterocycles. The maximum absolute atomic E-state index is 13.0. The molecule has 0 bridgehead atoms. The fourth-order valence-corrected chi connectivity index (χ4v) is 2.62. The highest BCUT2D eigenvalue weighted by Crippen LogP contribution is 2.32. The van der Waals surface area contributed by atoms with E-state index >= 15 is 0 Å². The molecule has 2 nitrogen and oxygen atoms in total. The molecule has 2 heteroatoms. The van der Waals surface area contributed by atoms with Crippen LogP contribution in [0.15, 0.2) is 42.5 Å². The number of benzene rings is 2. The third-order valence-electron chi connectivity index (χ3n) is 4.07. The van der Waals surface area contributed by atoms with E-state index in [2.05, 4.69) is 53.7 Å². The molecule has 0 amide bonds. The number of hydrogen-bond donors (Lipinski definition) is 1. The highest BCUT2D eigenvalue weighted by atomic mass is 16.3. The van der Waals surface area contributed by atoms with E-state index < -0.39 is 0 Å². The van der Waals surface area contributed by atoms with Crippen molar-refractivity contribution in [2.45, 2.75) is 52.4 Å². The Bertz CT molecular complexity index is 711. The van der Waals surface area contributed by atoms with Crippen LogP contribution in [0.4, 0.5) is 0 Å². The Morgan fingerprint density at radius 1 is 0.826 bits per heavy atom. The number of phenolic OH excluding ortho intramolecular Hbond substituents is 1. The fraction of sp³-hybridized carbons (Fsp3) is 0.381. The van der Waals surface area contributed by atoms with Gasteiger partial charge in [0.2, 0.25) is 0 Å². The second-order valence-corrected chi connectivity index (χ2v) is 8.14. The van der Waals surface area contributed by atoms with Gasteiger partial charge in [-0.15, -0.1) is 0 Å². The van der Waals surface area contributed by atoms with E-state index in [0.717, 1.165) is 16.7 Å². The van der Waals surface area contributed by atoms with Gasteiger partial charge in [0.15, 0.2) is 5.78 Å². The summed E-state index contributed by atoms with van der Waals surface area (Å²) in [5, 5.41) is 9.43. The van der Waals surface area contributed by atoms with Gasteiger partial charge in [0, 0.05) is 11.1 Å². The average molecular weight is 310 g/mol. The minimum Gasteiger partial charge on any atom is -0.508 e. The lowest BCUT2D eigenvalue weighted by Gasteiger charge is -2.26. The molecule has 0 radical (unpaired) electrons. The summed E-state index contributed by atoms with van der Waals surface area (Å²) in [6, 6.07) is 12.7. The summed E-state index contributed by atoms with van der Waals surface area (Å²) < 4.78 is 0. The highest BCUT2D eigenvalue weighted by Gasteiger charge is 2.25. The molecule has 0 fully saturated rings. The number of ketones is 1. The van der Waals surface area contributed by atoms with Crippen LogP contribution in [0.5, 0.6) is 5.75 Å². The summed E-state index contributed by atoms with van der Waals surface area (Å²) in [6.07, 6.45) is 0. The Balaban J connectivity index is 2.61. The Labute approximate surface area is 139 Å². The molecule has 0 heterocycles. The van der Waals surface area contributed by atoms with Crippen LogP contribution in [0.2, 0.25) is 0 Å². The van der Waals surface area contributed by atoms with Crippen LogP contribution in [0, 0.1) is 0 Å². The van der Waals surface area contributed by atoms with Gasteiger partial charge in [-0.2, -0.15) is 0 Å². The third kappa shape index (κ3) is 3.82. The maximum Gasteiger partial charge on any atom is 0.193 e. The van der Waals surface area contributed by atoms with Crippen LogP contribution >= 0.6 is 0 Å². The van der Waals surface area contributed by atoms with Gasteiger partial charge >= 0.3 is 0 Å². The van der Waals surface area contributed by atoms with Gasteiger partial charge in [-0.05, 0) is 52.3 Å². The first-order chi connectivity index (χ1) is 10.5. The Kier molecular flexibility index (Phi) is 4.39. The molecule has 122 valence electrons. The van der Waals surface area contributed by atoms with Gasteiger partial charge in [0.25, 0.3) is 0 Å². The number of hydrogen-bond acceptors (Lipinski definition) is 2. The molecule has 2 aromatic rings. The van der Waals surface area contributed by atoms with E-state index in [1.165, 1.54) is 0 Å². The van der Waals surface area contributed by atoms with Crippen LogP contribution in [0.25, 0.3) is 0 Å². The zero-order chi connectivity index (χ0) is 17.4. The molecular weight excluding hydrogens is 284 g/mol. The lowest BCUT2D eigenvalue weighted by atomic mass is 9.78. The van der Waals surface area contributed by atoms with E-state index in [1.54, 1.807) is 24.3 Å². The van der Waals surface area contributed by atoms with E-state index in [1.807, 2.05) is 6.07 Å². The molecule has 0 saturated carbocycles.